The number of ether oxygens (including phenoxy) is 1. The summed E-state index contributed by atoms with van der Waals surface area (Å²) in [5.74, 6) is -1.06. The molecule has 1 saturated heterocycles. The van der Waals surface area contributed by atoms with Crippen molar-refractivity contribution in [3.05, 3.63) is 16.0 Å². The van der Waals surface area contributed by atoms with E-state index in [1.165, 1.54) is 4.68 Å². The molecule has 2 aromatic rings. The number of carbonyl (C=O) groups is 1. The molecule has 1 aliphatic heterocycles. The van der Waals surface area contributed by atoms with Crippen LogP contribution in [-0.2, 0) is 4.74 Å². The van der Waals surface area contributed by atoms with Crippen molar-refractivity contribution in [2.24, 2.45) is 5.73 Å². The molecule has 1 amide bonds. The highest BCUT2D eigenvalue weighted by Gasteiger charge is 2.37. The molecule has 0 spiro atoms. The Morgan fingerprint density at radius 2 is 2.27 bits per heavy atom. The fourth-order valence-corrected chi connectivity index (χ4v) is 2.46. The number of carbonyl (C=O) groups excluding carboxylic acids is 1. The summed E-state index contributed by atoms with van der Waals surface area (Å²) in [5.41, 5.74) is 9.82. The van der Waals surface area contributed by atoms with Gasteiger partial charge in [-0.2, -0.15) is 10.1 Å². The number of primary amides is 1. The van der Waals surface area contributed by atoms with Gasteiger partial charge < -0.3 is 26.4 Å². The number of aliphatic hydroxyl groups is 2. The molecule has 0 saturated carbocycles. The molecule has 118 valence electrons. The van der Waals surface area contributed by atoms with Gasteiger partial charge in [0.15, 0.2) is 17.6 Å². The van der Waals surface area contributed by atoms with Crippen LogP contribution in [0.25, 0.3) is 11.0 Å². The van der Waals surface area contributed by atoms with E-state index in [0.29, 0.717) is 0 Å². The Morgan fingerprint density at radius 1 is 1.55 bits per heavy atom. The van der Waals surface area contributed by atoms with Crippen LogP contribution in [0.3, 0.4) is 0 Å². The second-order valence-corrected chi connectivity index (χ2v) is 4.92. The Hall–Kier alpha value is -2.50. The van der Waals surface area contributed by atoms with Gasteiger partial charge in [-0.15, -0.1) is 0 Å². The van der Waals surface area contributed by atoms with Crippen molar-refractivity contribution in [2.45, 2.75) is 24.9 Å². The Bertz CT molecular complexity index is 798. The quantitative estimate of drug-likeness (QED) is 0.410. The first kappa shape index (κ1) is 14.4. The summed E-state index contributed by atoms with van der Waals surface area (Å²) in [7, 11) is 0. The lowest BCUT2D eigenvalue weighted by Crippen LogP contribution is -2.24. The van der Waals surface area contributed by atoms with Gasteiger partial charge in [0.2, 0.25) is 5.95 Å². The van der Waals surface area contributed by atoms with Crippen LogP contribution in [0.5, 0.6) is 0 Å². The number of fused-ring (bicyclic) bond motifs is 1. The van der Waals surface area contributed by atoms with Gasteiger partial charge in [0.1, 0.15) is 11.5 Å². The monoisotopic (exact) mass is 310 g/mol. The molecule has 0 aromatic carbocycles. The minimum Gasteiger partial charge on any atom is -0.394 e. The lowest BCUT2D eigenvalue weighted by molar-refractivity contribution is -0.0471. The number of anilines is 1. The lowest BCUT2D eigenvalue weighted by Gasteiger charge is -2.12. The van der Waals surface area contributed by atoms with E-state index in [1.54, 1.807) is 0 Å². The molecule has 3 rings (SSSR count). The van der Waals surface area contributed by atoms with Crippen LogP contribution >= 0.6 is 0 Å². The van der Waals surface area contributed by atoms with Crippen molar-refractivity contribution >= 4 is 22.9 Å². The molecular weight excluding hydrogens is 296 g/mol. The van der Waals surface area contributed by atoms with E-state index < -0.39 is 29.9 Å². The summed E-state index contributed by atoms with van der Waals surface area (Å²) >= 11 is 0. The molecule has 7 N–H and O–H groups in total. The van der Waals surface area contributed by atoms with Crippen molar-refractivity contribution in [3.63, 3.8) is 0 Å². The first-order valence-corrected chi connectivity index (χ1v) is 6.44. The summed E-state index contributed by atoms with van der Waals surface area (Å²) in [6.45, 7) is -0.379. The van der Waals surface area contributed by atoms with E-state index in [2.05, 4.69) is 15.1 Å². The number of H-pyrrole nitrogens is 1. The number of rotatable bonds is 3. The van der Waals surface area contributed by atoms with E-state index in [1.807, 2.05) is 0 Å². The molecular formula is C11H14N6O5. The van der Waals surface area contributed by atoms with Gasteiger partial charge in [0.05, 0.1) is 12.7 Å². The molecule has 0 radical (unpaired) electrons. The van der Waals surface area contributed by atoms with E-state index in [0.717, 1.165) is 0 Å². The summed E-state index contributed by atoms with van der Waals surface area (Å²) in [4.78, 5) is 29.7. The van der Waals surface area contributed by atoms with Crippen molar-refractivity contribution in [2.75, 3.05) is 12.3 Å². The lowest BCUT2D eigenvalue weighted by atomic mass is 10.2. The third-order valence-electron chi connectivity index (χ3n) is 3.47. The maximum Gasteiger partial charge on any atom is 0.270 e. The zero-order valence-corrected chi connectivity index (χ0v) is 11.3. The number of aromatic amines is 1. The van der Waals surface area contributed by atoms with Gasteiger partial charge in [-0.05, 0) is 0 Å². The largest absolute Gasteiger partial charge is 0.394 e. The topological polar surface area (TPSA) is 182 Å². The van der Waals surface area contributed by atoms with Gasteiger partial charge in [-0.1, -0.05) is 0 Å². The third kappa shape index (κ3) is 2.11. The number of hydrogen-bond donors (Lipinski definition) is 5. The normalized spacial score (nSPS) is 24.9. The standard InChI is InChI=1S/C11H14N6O5/c12-8(20)7-6-9(14-11(13)15-10(6)21)17(16-7)5-1-3(19)4(2-18)22-5/h3-5,18-19H,1-2H2,(H2,12,20)(H3,13,14,15,21)/t3-,4+,5+/m0/s1. The number of nitrogen functional groups attached to an aromatic ring is 1. The second-order valence-electron chi connectivity index (χ2n) is 4.92. The summed E-state index contributed by atoms with van der Waals surface area (Å²) in [5, 5.41) is 22.8. The highest BCUT2D eigenvalue weighted by Crippen LogP contribution is 2.30. The summed E-state index contributed by atoms with van der Waals surface area (Å²) in [6, 6.07) is 0. The molecule has 1 fully saturated rings. The van der Waals surface area contributed by atoms with Crippen LogP contribution in [0.4, 0.5) is 5.95 Å². The van der Waals surface area contributed by atoms with Gasteiger partial charge >= 0.3 is 0 Å². The molecule has 1 aliphatic rings. The van der Waals surface area contributed by atoms with E-state index in [9.17, 15) is 14.7 Å². The van der Waals surface area contributed by atoms with Crippen LogP contribution in [-0.4, -0.2) is 54.7 Å². The number of hydrogen-bond acceptors (Lipinski definition) is 8. The molecule has 0 unspecified atom stereocenters. The van der Waals surface area contributed by atoms with Crippen molar-refractivity contribution < 1.29 is 19.7 Å². The molecule has 22 heavy (non-hydrogen) atoms. The van der Waals surface area contributed by atoms with Crippen LogP contribution in [0.2, 0.25) is 0 Å². The van der Waals surface area contributed by atoms with Gasteiger partial charge in [-0.3, -0.25) is 14.6 Å². The smallest absolute Gasteiger partial charge is 0.270 e. The summed E-state index contributed by atoms with van der Waals surface area (Å²) in [6.07, 6.45) is -2.41. The number of amides is 1. The number of aromatic nitrogens is 4. The van der Waals surface area contributed by atoms with Crippen LogP contribution in [0.15, 0.2) is 4.79 Å². The molecule has 2 aromatic heterocycles. The van der Waals surface area contributed by atoms with Crippen molar-refractivity contribution in [3.8, 4) is 0 Å². The minimum atomic E-state index is -0.911. The number of aliphatic hydroxyl groups excluding tert-OH is 2. The van der Waals surface area contributed by atoms with Gasteiger partial charge in [0.25, 0.3) is 11.5 Å². The van der Waals surface area contributed by atoms with Crippen LogP contribution in [0, 0.1) is 0 Å². The van der Waals surface area contributed by atoms with E-state index >= 15 is 0 Å². The minimum absolute atomic E-state index is 0.0193. The SMILES string of the molecule is NC(=O)c1nn([C@H]2C[C@H](O)[C@@H](CO)O2)c2nc(N)[nH]c(=O)c12. The molecule has 3 atom stereocenters. The highest BCUT2D eigenvalue weighted by molar-refractivity contribution is 6.03. The van der Waals surface area contributed by atoms with E-state index in [-0.39, 0.29) is 35.7 Å². The number of nitrogens with zero attached hydrogens (tertiary/aromatic N) is 3. The highest BCUT2D eigenvalue weighted by atomic mass is 16.5. The molecule has 0 bridgehead atoms. The average Bonchev–Trinajstić information content (AvgIpc) is 2.99. The maximum absolute atomic E-state index is 12.0. The maximum atomic E-state index is 12.0. The molecule has 3 heterocycles. The molecule has 0 aliphatic carbocycles. The van der Waals surface area contributed by atoms with Crippen molar-refractivity contribution in [1.29, 1.82) is 0 Å². The average molecular weight is 310 g/mol. The summed E-state index contributed by atoms with van der Waals surface area (Å²) < 4.78 is 6.61. The Labute approximate surface area is 122 Å². The predicted octanol–water partition coefficient (Wildman–Crippen LogP) is -2.56. The van der Waals surface area contributed by atoms with Gasteiger partial charge in [-0.25, -0.2) is 4.68 Å². The Kier molecular flexibility index (Phi) is 3.31. The van der Waals surface area contributed by atoms with Crippen molar-refractivity contribution in [1.82, 2.24) is 19.7 Å². The molecule has 11 nitrogen and oxygen atoms in total. The number of nitrogens with one attached hydrogen (secondary N) is 1. The van der Waals surface area contributed by atoms with Crippen LogP contribution in [0.1, 0.15) is 23.1 Å². The zero-order valence-electron chi connectivity index (χ0n) is 11.3. The first-order valence-electron chi connectivity index (χ1n) is 6.44. The second kappa shape index (κ2) is 5.05. The fraction of sp³-hybridized carbons (Fsp3) is 0.455. The Morgan fingerprint density at radius 3 is 2.86 bits per heavy atom. The fourth-order valence-electron chi connectivity index (χ4n) is 2.46. The number of nitrogens with two attached hydrogens (primary N) is 2. The van der Waals surface area contributed by atoms with Crippen LogP contribution < -0.4 is 17.0 Å². The van der Waals surface area contributed by atoms with E-state index in [4.69, 9.17) is 21.3 Å². The zero-order chi connectivity index (χ0) is 16.0. The van der Waals surface area contributed by atoms with Gasteiger partial charge in [0, 0.05) is 6.42 Å². The predicted molar refractivity (Wildman–Crippen MR) is 72.7 cm³/mol. The Balaban J connectivity index is 2.19. The molecule has 11 heteroatoms. The third-order valence-corrected chi connectivity index (χ3v) is 3.47. The first-order chi connectivity index (χ1) is 10.4.